The van der Waals surface area contributed by atoms with Crippen molar-refractivity contribution in [2.45, 2.75) is 71.9 Å². The highest BCUT2D eigenvalue weighted by molar-refractivity contribution is 5.67. The first-order valence-corrected chi connectivity index (χ1v) is 9.21. The molecular weight excluding hydrogens is 285 g/mol. The van der Waals surface area contributed by atoms with Gasteiger partial charge < -0.3 is 5.32 Å². The van der Waals surface area contributed by atoms with Gasteiger partial charge in [-0.2, -0.15) is 0 Å². The third kappa shape index (κ3) is 6.01. The van der Waals surface area contributed by atoms with Gasteiger partial charge in [-0.1, -0.05) is 51.5 Å². The number of allylic oxidation sites excluding steroid dienone is 1. The van der Waals surface area contributed by atoms with Gasteiger partial charge in [0.1, 0.15) is 5.67 Å². The molecule has 0 atom stereocenters. The first kappa shape index (κ1) is 19.7. The fourth-order valence-electron chi connectivity index (χ4n) is 3.28. The molecule has 23 heavy (non-hydrogen) atoms. The Bertz CT molecular complexity index is 463. The van der Waals surface area contributed by atoms with Crippen LogP contribution in [0.4, 0.5) is 4.39 Å². The van der Waals surface area contributed by atoms with Crippen LogP contribution in [0.3, 0.4) is 0 Å². The van der Waals surface area contributed by atoms with E-state index in [1.165, 1.54) is 23.1 Å². The number of hydrogen-bond acceptors (Lipinski definition) is 1. The van der Waals surface area contributed by atoms with Gasteiger partial charge >= 0.3 is 0 Å². The second-order valence-corrected chi connectivity index (χ2v) is 6.52. The number of alkyl halides is 1. The van der Waals surface area contributed by atoms with Crippen LogP contribution < -0.4 is 5.32 Å². The fourth-order valence-corrected chi connectivity index (χ4v) is 3.28. The first-order valence-electron chi connectivity index (χ1n) is 9.21. The Hall–Kier alpha value is -1.31. The van der Waals surface area contributed by atoms with Crippen LogP contribution in [0, 0.1) is 5.92 Å². The first-order chi connectivity index (χ1) is 11.1. The Morgan fingerprint density at radius 3 is 2.26 bits per heavy atom. The van der Waals surface area contributed by atoms with Crippen LogP contribution in [0.5, 0.6) is 0 Å². The minimum atomic E-state index is -0.966. The zero-order chi connectivity index (χ0) is 17.3. The molecule has 1 fully saturated rings. The van der Waals surface area contributed by atoms with Gasteiger partial charge in [-0.15, -0.1) is 0 Å². The van der Waals surface area contributed by atoms with E-state index in [1.807, 2.05) is 20.9 Å². The minimum absolute atomic E-state index is 0.471. The second kappa shape index (κ2) is 9.75. The molecule has 0 unspecified atom stereocenters. The Kier molecular flexibility index (Phi) is 8.36. The molecule has 1 aliphatic carbocycles. The largest absolute Gasteiger partial charge is 0.394 e. The van der Waals surface area contributed by atoms with E-state index >= 15 is 0 Å². The van der Waals surface area contributed by atoms with Crippen LogP contribution in [-0.2, 0) is 6.42 Å². The normalized spacial score (nSPS) is 24.6. The molecular formula is C21H34FN. The molecule has 0 aliphatic heterocycles. The lowest BCUT2D eigenvalue weighted by Gasteiger charge is -2.32. The van der Waals surface area contributed by atoms with E-state index in [-0.39, 0.29) is 0 Å². The third-order valence-electron chi connectivity index (χ3n) is 4.59. The van der Waals surface area contributed by atoms with Gasteiger partial charge in [0, 0.05) is 13.2 Å². The predicted octanol–water partition coefficient (Wildman–Crippen LogP) is 6.14. The number of hydrogen-bond donors (Lipinski definition) is 1. The molecule has 0 aromatic heterocycles. The average molecular weight is 320 g/mol. The molecule has 1 nitrogen and oxygen atoms in total. The molecule has 0 bridgehead atoms. The van der Waals surface area contributed by atoms with Crippen molar-refractivity contribution in [3.8, 4) is 0 Å². The number of aryl methyl sites for hydroxylation is 1. The van der Waals surface area contributed by atoms with Crippen LogP contribution in [-0.4, -0.2) is 12.7 Å². The van der Waals surface area contributed by atoms with Crippen molar-refractivity contribution in [2.75, 3.05) is 7.05 Å². The smallest absolute Gasteiger partial charge is 0.108 e. The summed E-state index contributed by atoms with van der Waals surface area (Å²) < 4.78 is 14.0. The SMILES string of the molecule is CC.CCCc1ccc(/C(=C\NC)C2CCC(C)(F)CC2)cc1. The molecule has 1 aromatic rings. The van der Waals surface area contributed by atoms with E-state index in [2.05, 4.69) is 42.7 Å². The van der Waals surface area contributed by atoms with Crippen molar-refractivity contribution in [3.63, 3.8) is 0 Å². The van der Waals surface area contributed by atoms with E-state index in [1.54, 1.807) is 6.92 Å². The highest BCUT2D eigenvalue weighted by Crippen LogP contribution is 2.40. The molecule has 0 radical (unpaired) electrons. The van der Waals surface area contributed by atoms with Gasteiger partial charge in [0.2, 0.25) is 0 Å². The molecule has 1 N–H and O–H groups in total. The number of benzene rings is 1. The molecule has 0 saturated heterocycles. The van der Waals surface area contributed by atoms with Gasteiger partial charge in [-0.25, -0.2) is 4.39 Å². The van der Waals surface area contributed by atoms with E-state index in [0.717, 1.165) is 19.3 Å². The maximum absolute atomic E-state index is 14.0. The Labute approximate surface area is 142 Å². The molecule has 1 aliphatic rings. The van der Waals surface area contributed by atoms with E-state index in [9.17, 15) is 4.39 Å². The summed E-state index contributed by atoms with van der Waals surface area (Å²) >= 11 is 0. The average Bonchev–Trinajstić information content (AvgIpc) is 2.56. The Balaban J connectivity index is 0.00000127. The molecule has 1 saturated carbocycles. The molecule has 0 spiro atoms. The van der Waals surface area contributed by atoms with Crippen molar-refractivity contribution in [1.82, 2.24) is 5.32 Å². The van der Waals surface area contributed by atoms with Crippen LogP contribution in [0.2, 0.25) is 0 Å². The zero-order valence-corrected chi connectivity index (χ0v) is 15.6. The lowest BCUT2D eigenvalue weighted by atomic mass is 9.76. The second-order valence-electron chi connectivity index (χ2n) is 6.52. The van der Waals surface area contributed by atoms with Crippen molar-refractivity contribution < 1.29 is 4.39 Å². The molecule has 2 rings (SSSR count). The lowest BCUT2D eigenvalue weighted by Crippen LogP contribution is -2.26. The van der Waals surface area contributed by atoms with E-state index in [0.29, 0.717) is 18.8 Å². The summed E-state index contributed by atoms with van der Waals surface area (Å²) in [6.45, 7) is 7.94. The third-order valence-corrected chi connectivity index (χ3v) is 4.59. The number of nitrogens with one attached hydrogen (secondary N) is 1. The Morgan fingerprint density at radius 1 is 1.22 bits per heavy atom. The minimum Gasteiger partial charge on any atom is -0.394 e. The molecule has 0 heterocycles. The molecule has 0 amide bonds. The van der Waals surface area contributed by atoms with Crippen LogP contribution in [0.15, 0.2) is 30.5 Å². The highest BCUT2D eigenvalue weighted by atomic mass is 19.1. The van der Waals surface area contributed by atoms with Crippen molar-refractivity contribution in [2.24, 2.45) is 5.92 Å². The standard InChI is InChI=1S/C19H28FN.C2H6/c1-4-5-15-6-8-16(9-7-15)18(14-21-3)17-10-12-19(2,20)13-11-17;1-2/h6-9,14,17,21H,4-5,10-13H2,1-3H3;1-2H3/b18-14+;. The number of halogens is 1. The van der Waals surface area contributed by atoms with Crippen LogP contribution in [0.1, 0.15) is 70.9 Å². The zero-order valence-electron chi connectivity index (χ0n) is 15.6. The van der Waals surface area contributed by atoms with Gasteiger partial charge in [0.25, 0.3) is 0 Å². The summed E-state index contributed by atoms with van der Waals surface area (Å²) in [4.78, 5) is 0. The molecule has 1 aromatic carbocycles. The van der Waals surface area contributed by atoms with E-state index in [4.69, 9.17) is 0 Å². The lowest BCUT2D eigenvalue weighted by molar-refractivity contribution is 0.116. The monoisotopic (exact) mass is 319 g/mol. The van der Waals surface area contributed by atoms with E-state index < -0.39 is 5.67 Å². The summed E-state index contributed by atoms with van der Waals surface area (Å²) in [5.41, 5.74) is 3.03. The summed E-state index contributed by atoms with van der Waals surface area (Å²) in [5.74, 6) is 0.471. The van der Waals surface area contributed by atoms with Crippen LogP contribution in [0.25, 0.3) is 5.57 Å². The molecule has 130 valence electrons. The summed E-state index contributed by atoms with van der Waals surface area (Å²) in [6, 6.07) is 8.89. The predicted molar refractivity (Wildman–Crippen MR) is 100 cm³/mol. The Morgan fingerprint density at radius 2 is 1.78 bits per heavy atom. The molecule has 2 heteroatoms. The maximum Gasteiger partial charge on any atom is 0.108 e. The fraction of sp³-hybridized carbons (Fsp3) is 0.619. The number of rotatable bonds is 5. The van der Waals surface area contributed by atoms with Crippen molar-refractivity contribution in [1.29, 1.82) is 0 Å². The van der Waals surface area contributed by atoms with Gasteiger partial charge in [-0.3, -0.25) is 0 Å². The van der Waals surface area contributed by atoms with Gasteiger partial charge in [-0.05, 0) is 61.6 Å². The van der Waals surface area contributed by atoms with Crippen molar-refractivity contribution >= 4 is 5.57 Å². The quantitative estimate of drug-likeness (QED) is 0.687. The highest BCUT2D eigenvalue weighted by Gasteiger charge is 2.32. The summed E-state index contributed by atoms with van der Waals surface area (Å²) in [7, 11) is 1.94. The van der Waals surface area contributed by atoms with Crippen molar-refractivity contribution in [3.05, 3.63) is 41.6 Å². The topological polar surface area (TPSA) is 12.0 Å². The van der Waals surface area contributed by atoms with Gasteiger partial charge in [0.05, 0.1) is 0 Å². The van der Waals surface area contributed by atoms with Crippen LogP contribution >= 0.6 is 0 Å². The summed E-state index contributed by atoms with van der Waals surface area (Å²) in [6.07, 6.45) is 7.64. The maximum atomic E-state index is 14.0. The van der Waals surface area contributed by atoms with Gasteiger partial charge in [0.15, 0.2) is 0 Å². The summed E-state index contributed by atoms with van der Waals surface area (Å²) in [5, 5.41) is 3.17.